The maximum absolute atomic E-state index is 13.4. The second-order valence-corrected chi connectivity index (χ2v) is 12.7. The second kappa shape index (κ2) is 9.52. The molecular formula is C29H45NO4. The summed E-state index contributed by atoms with van der Waals surface area (Å²) in [6, 6.07) is 0. The fourth-order valence-corrected chi connectivity index (χ4v) is 8.54. The van der Waals surface area contributed by atoms with Crippen molar-refractivity contribution in [3.8, 4) is 0 Å². The molecule has 0 spiro atoms. The van der Waals surface area contributed by atoms with Crippen LogP contribution in [0, 0.1) is 46.3 Å². The molecule has 0 bridgehead atoms. The topological polar surface area (TPSA) is 83.5 Å². The Bertz CT molecular complexity index is 864. The molecule has 5 heteroatoms. The summed E-state index contributed by atoms with van der Waals surface area (Å²) in [4.78, 5) is 37.8. The molecule has 0 saturated heterocycles. The van der Waals surface area contributed by atoms with Crippen molar-refractivity contribution in [2.75, 3.05) is 6.54 Å². The summed E-state index contributed by atoms with van der Waals surface area (Å²) in [5.41, 5.74) is 1.52. The minimum absolute atomic E-state index is 0.0411. The number of Topliss-reactive ketones (excluding diaryl/α,β-unsaturated/α-hetero) is 2. The van der Waals surface area contributed by atoms with Crippen LogP contribution in [0.1, 0.15) is 92.4 Å². The van der Waals surface area contributed by atoms with Crippen molar-refractivity contribution < 1.29 is 19.5 Å². The van der Waals surface area contributed by atoms with Gasteiger partial charge >= 0.3 is 0 Å². The van der Waals surface area contributed by atoms with Crippen molar-refractivity contribution in [1.29, 1.82) is 0 Å². The summed E-state index contributed by atoms with van der Waals surface area (Å²) in [5.74, 6) is 1.78. The van der Waals surface area contributed by atoms with Crippen LogP contribution >= 0.6 is 0 Å². The number of hydrogen-bond acceptors (Lipinski definition) is 4. The van der Waals surface area contributed by atoms with Crippen LogP contribution in [0.2, 0.25) is 0 Å². The lowest BCUT2D eigenvalue weighted by Crippen LogP contribution is -2.51. The van der Waals surface area contributed by atoms with E-state index in [-0.39, 0.29) is 46.4 Å². The first-order valence-corrected chi connectivity index (χ1v) is 13.6. The largest absolute Gasteiger partial charge is 0.393 e. The van der Waals surface area contributed by atoms with Crippen LogP contribution in [0.5, 0.6) is 0 Å². The van der Waals surface area contributed by atoms with E-state index < -0.39 is 0 Å². The molecular weight excluding hydrogens is 426 g/mol. The van der Waals surface area contributed by atoms with E-state index in [1.54, 1.807) is 0 Å². The second-order valence-electron chi connectivity index (χ2n) is 12.7. The van der Waals surface area contributed by atoms with E-state index in [2.05, 4.69) is 32.2 Å². The summed E-state index contributed by atoms with van der Waals surface area (Å²) in [5, 5.41) is 13.1. The molecule has 190 valence electrons. The molecule has 9 atom stereocenters. The van der Waals surface area contributed by atoms with Gasteiger partial charge in [-0.2, -0.15) is 0 Å². The highest BCUT2D eigenvalue weighted by atomic mass is 16.3. The molecule has 34 heavy (non-hydrogen) atoms. The lowest BCUT2D eigenvalue weighted by Gasteiger charge is -2.58. The van der Waals surface area contributed by atoms with E-state index in [0.717, 1.165) is 44.9 Å². The number of amides is 1. The van der Waals surface area contributed by atoms with Gasteiger partial charge in [0.25, 0.3) is 0 Å². The Morgan fingerprint density at radius 3 is 2.59 bits per heavy atom. The van der Waals surface area contributed by atoms with Crippen molar-refractivity contribution in [3.05, 3.63) is 11.6 Å². The highest BCUT2D eigenvalue weighted by Crippen LogP contribution is 2.66. The van der Waals surface area contributed by atoms with Crippen molar-refractivity contribution in [2.24, 2.45) is 46.3 Å². The van der Waals surface area contributed by atoms with Crippen molar-refractivity contribution in [2.45, 2.75) is 98.5 Å². The van der Waals surface area contributed by atoms with Gasteiger partial charge in [-0.1, -0.05) is 39.3 Å². The molecule has 0 radical (unpaired) electrons. The highest BCUT2D eigenvalue weighted by Gasteiger charge is 2.62. The fourth-order valence-electron chi connectivity index (χ4n) is 8.54. The highest BCUT2D eigenvalue weighted by molar-refractivity contribution is 5.92. The summed E-state index contributed by atoms with van der Waals surface area (Å²) in [6.45, 7) is 10.9. The Hall–Kier alpha value is -1.49. The Kier molecular flexibility index (Phi) is 7.17. The molecule has 5 nitrogen and oxygen atoms in total. The minimum Gasteiger partial charge on any atom is -0.393 e. The monoisotopic (exact) mass is 471 g/mol. The third-order valence-electron chi connectivity index (χ3n) is 10.6. The number of carbonyl (C=O) groups is 3. The van der Waals surface area contributed by atoms with Crippen molar-refractivity contribution >= 4 is 17.5 Å². The smallest absolute Gasteiger partial charge is 0.216 e. The standard InChI is InChI=1S/C29H45NO4/c1-17(16-30-19(3)31)6-9-25(33)18(2)27-26(34)15-24-22-8-7-20-14-21(32)10-12-28(20,4)23(22)11-13-29(24,27)5/h7,17-18,21-24,27,32H,6,8-16H2,1-5H3,(H,30,31)/t17?,18-,21+,22-,23+,24+,27+,28+,29+/m1/s1. The Labute approximate surface area is 205 Å². The zero-order chi connectivity index (χ0) is 24.8. The van der Waals surface area contributed by atoms with Crippen LogP contribution in [-0.2, 0) is 14.4 Å². The average molecular weight is 472 g/mol. The first kappa shape index (κ1) is 25.6. The molecule has 0 aromatic carbocycles. The Balaban J connectivity index is 1.46. The maximum Gasteiger partial charge on any atom is 0.216 e. The number of aliphatic hydroxyl groups excluding tert-OH is 1. The molecule has 3 fully saturated rings. The van der Waals surface area contributed by atoms with Gasteiger partial charge in [0.15, 0.2) is 0 Å². The third-order valence-corrected chi connectivity index (χ3v) is 10.6. The molecule has 1 unspecified atom stereocenters. The number of aliphatic hydroxyl groups is 1. The summed E-state index contributed by atoms with van der Waals surface area (Å²) >= 11 is 0. The quantitative estimate of drug-likeness (QED) is 0.519. The zero-order valence-electron chi connectivity index (χ0n) is 21.9. The molecule has 3 saturated carbocycles. The predicted molar refractivity (Wildman–Crippen MR) is 133 cm³/mol. The molecule has 0 heterocycles. The summed E-state index contributed by atoms with van der Waals surface area (Å²) in [7, 11) is 0. The fraction of sp³-hybridized carbons (Fsp3) is 0.828. The Morgan fingerprint density at radius 2 is 1.88 bits per heavy atom. The molecule has 1 amide bonds. The number of carbonyl (C=O) groups excluding carboxylic acids is 3. The Morgan fingerprint density at radius 1 is 1.15 bits per heavy atom. The first-order valence-electron chi connectivity index (χ1n) is 13.6. The number of ketones is 2. The van der Waals surface area contributed by atoms with Crippen molar-refractivity contribution in [1.82, 2.24) is 5.32 Å². The van der Waals surface area contributed by atoms with Gasteiger partial charge in [0.05, 0.1) is 6.10 Å². The van der Waals surface area contributed by atoms with Gasteiger partial charge in [-0.05, 0) is 79.4 Å². The molecule has 0 aliphatic heterocycles. The van der Waals surface area contributed by atoms with Crippen LogP contribution in [0.25, 0.3) is 0 Å². The predicted octanol–water partition coefficient (Wildman–Crippen LogP) is 4.86. The lowest BCUT2D eigenvalue weighted by molar-refractivity contribution is -0.134. The van der Waals surface area contributed by atoms with Gasteiger partial charge in [-0.25, -0.2) is 0 Å². The van der Waals surface area contributed by atoms with E-state index in [0.29, 0.717) is 42.9 Å². The lowest BCUT2D eigenvalue weighted by atomic mass is 9.47. The van der Waals surface area contributed by atoms with Gasteiger partial charge < -0.3 is 10.4 Å². The zero-order valence-corrected chi connectivity index (χ0v) is 21.9. The average Bonchev–Trinajstić information content (AvgIpc) is 3.05. The molecule has 0 aromatic heterocycles. The van der Waals surface area contributed by atoms with E-state index >= 15 is 0 Å². The van der Waals surface area contributed by atoms with Crippen LogP contribution in [0.4, 0.5) is 0 Å². The molecule has 4 aliphatic carbocycles. The van der Waals surface area contributed by atoms with Crippen molar-refractivity contribution in [3.63, 3.8) is 0 Å². The molecule has 4 rings (SSSR count). The SMILES string of the molecule is CC(=O)NCC(C)CCC(=O)[C@@H](C)[C@H]1C(=O)C[C@H]2[C@@H]3CC=C4C[C@@H](O)CC[C@]4(C)[C@H]3CC[C@]12C. The van der Waals surface area contributed by atoms with E-state index in [9.17, 15) is 19.5 Å². The van der Waals surface area contributed by atoms with Gasteiger partial charge in [0.1, 0.15) is 11.6 Å². The van der Waals surface area contributed by atoms with E-state index in [4.69, 9.17) is 0 Å². The molecule has 0 aromatic rings. The number of nitrogens with one attached hydrogen (secondary N) is 1. The van der Waals surface area contributed by atoms with Gasteiger partial charge in [0.2, 0.25) is 5.91 Å². The van der Waals surface area contributed by atoms with Gasteiger partial charge in [-0.15, -0.1) is 0 Å². The molecule has 4 aliphatic rings. The first-order chi connectivity index (χ1) is 16.0. The number of fused-ring (bicyclic) bond motifs is 5. The summed E-state index contributed by atoms with van der Waals surface area (Å²) < 4.78 is 0. The number of allylic oxidation sites excluding steroid dienone is 1. The summed E-state index contributed by atoms with van der Waals surface area (Å²) in [6.07, 6.45) is 9.96. The van der Waals surface area contributed by atoms with Gasteiger partial charge in [-0.3, -0.25) is 14.4 Å². The molecule has 2 N–H and O–H groups in total. The van der Waals surface area contributed by atoms with Crippen LogP contribution in [-0.4, -0.2) is 35.2 Å². The number of hydrogen-bond donors (Lipinski definition) is 2. The normalized spacial score (nSPS) is 40.9. The van der Waals surface area contributed by atoms with Crippen LogP contribution in [0.3, 0.4) is 0 Å². The minimum atomic E-state index is -0.234. The van der Waals surface area contributed by atoms with E-state index in [1.165, 1.54) is 12.5 Å². The van der Waals surface area contributed by atoms with Crippen LogP contribution in [0.15, 0.2) is 11.6 Å². The maximum atomic E-state index is 13.4. The number of rotatable bonds is 7. The van der Waals surface area contributed by atoms with Crippen LogP contribution < -0.4 is 5.32 Å². The van der Waals surface area contributed by atoms with Gasteiger partial charge in [0, 0.05) is 38.1 Å². The third kappa shape index (κ3) is 4.42. The van der Waals surface area contributed by atoms with E-state index in [1.807, 2.05) is 6.92 Å².